The van der Waals surface area contributed by atoms with Crippen LogP contribution in [0.25, 0.3) is 10.9 Å². The summed E-state index contributed by atoms with van der Waals surface area (Å²) in [6, 6.07) is 13.3. The minimum Gasteiger partial charge on any atom is -0.486 e. The number of fused-ring (bicyclic) bond motifs is 2. The van der Waals surface area contributed by atoms with Gasteiger partial charge >= 0.3 is 0 Å². The van der Waals surface area contributed by atoms with Gasteiger partial charge in [-0.1, -0.05) is 0 Å². The maximum absolute atomic E-state index is 12.9. The first-order chi connectivity index (χ1) is 16.5. The van der Waals surface area contributed by atoms with E-state index in [0.29, 0.717) is 24.7 Å². The van der Waals surface area contributed by atoms with Crippen LogP contribution in [0.4, 0.5) is 17.2 Å². The van der Waals surface area contributed by atoms with E-state index in [4.69, 9.17) is 14.5 Å². The first kappa shape index (κ1) is 22.0. The number of aryl methyl sites for hydroxylation is 1. The molecule has 2 N–H and O–H groups in total. The monoisotopic (exact) mass is 460 g/mol. The highest BCUT2D eigenvalue weighted by molar-refractivity contribution is 5.94. The molecule has 8 heteroatoms. The van der Waals surface area contributed by atoms with Crippen LogP contribution in [-0.4, -0.2) is 43.1 Å². The molecular formula is C26H28N4O4. The molecule has 0 spiro atoms. The molecule has 0 saturated carbocycles. The van der Waals surface area contributed by atoms with Crippen LogP contribution in [0.3, 0.4) is 0 Å². The molecule has 1 saturated heterocycles. The number of nitrogens with zero attached hydrogens (tertiary/aromatic N) is 2. The Hall–Kier alpha value is -3.81. The molecule has 2 aromatic carbocycles. The largest absolute Gasteiger partial charge is 0.486 e. The van der Waals surface area contributed by atoms with Crippen molar-refractivity contribution in [2.45, 2.75) is 26.7 Å². The molecule has 3 heterocycles. The first-order valence-electron chi connectivity index (χ1n) is 11.6. The summed E-state index contributed by atoms with van der Waals surface area (Å²) in [4.78, 5) is 31.3. The molecule has 5 rings (SSSR count). The fourth-order valence-corrected chi connectivity index (χ4v) is 4.56. The van der Waals surface area contributed by atoms with Crippen LogP contribution in [0, 0.1) is 12.8 Å². The van der Waals surface area contributed by atoms with E-state index in [1.165, 1.54) is 6.92 Å². The van der Waals surface area contributed by atoms with Gasteiger partial charge < -0.3 is 25.0 Å². The molecule has 2 aliphatic heterocycles. The number of amides is 2. The molecule has 0 aliphatic carbocycles. The molecular weight excluding hydrogens is 432 g/mol. The van der Waals surface area contributed by atoms with E-state index in [2.05, 4.69) is 28.5 Å². The third-order valence-electron chi connectivity index (χ3n) is 6.32. The fraction of sp³-hybridized carbons (Fsp3) is 0.346. The number of hydrogen-bond acceptors (Lipinski definition) is 6. The highest BCUT2D eigenvalue weighted by Gasteiger charge is 2.26. The number of ether oxygens (including phenoxy) is 2. The van der Waals surface area contributed by atoms with E-state index in [-0.39, 0.29) is 17.7 Å². The number of anilines is 3. The van der Waals surface area contributed by atoms with Crippen LogP contribution in [0.1, 0.15) is 25.3 Å². The third-order valence-corrected chi connectivity index (χ3v) is 6.32. The number of piperidine rings is 1. The average molecular weight is 461 g/mol. The van der Waals surface area contributed by atoms with E-state index in [0.717, 1.165) is 59.6 Å². The minimum atomic E-state index is -0.0949. The lowest BCUT2D eigenvalue weighted by atomic mass is 9.95. The Bertz CT molecular complexity index is 1250. The van der Waals surface area contributed by atoms with Crippen LogP contribution in [-0.2, 0) is 9.59 Å². The van der Waals surface area contributed by atoms with Crippen LogP contribution >= 0.6 is 0 Å². The lowest BCUT2D eigenvalue weighted by molar-refractivity contribution is -0.120. The van der Waals surface area contributed by atoms with Crippen molar-refractivity contribution in [1.29, 1.82) is 0 Å². The zero-order chi connectivity index (χ0) is 23.7. The predicted octanol–water partition coefficient (Wildman–Crippen LogP) is 4.13. The summed E-state index contributed by atoms with van der Waals surface area (Å²) < 4.78 is 11.2. The van der Waals surface area contributed by atoms with Crippen molar-refractivity contribution in [3.63, 3.8) is 0 Å². The summed E-state index contributed by atoms with van der Waals surface area (Å²) in [5.41, 5.74) is 3.48. The number of nitrogens with one attached hydrogen (secondary N) is 2. The molecule has 1 aromatic heterocycles. The van der Waals surface area contributed by atoms with E-state index in [9.17, 15) is 9.59 Å². The molecule has 2 amide bonds. The molecule has 176 valence electrons. The Morgan fingerprint density at radius 1 is 0.941 bits per heavy atom. The molecule has 0 atom stereocenters. The zero-order valence-corrected chi connectivity index (χ0v) is 19.4. The van der Waals surface area contributed by atoms with Crippen LogP contribution in [0.2, 0.25) is 0 Å². The molecule has 2 aliphatic rings. The van der Waals surface area contributed by atoms with Crippen molar-refractivity contribution in [1.82, 2.24) is 4.98 Å². The molecule has 34 heavy (non-hydrogen) atoms. The zero-order valence-electron chi connectivity index (χ0n) is 19.4. The summed E-state index contributed by atoms with van der Waals surface area (Å²) >= 11 is 0. The van der Waals surface area contributed by atoms with E-state index >= 15 is 0 Å². The molecule has 1 fully saturated rings. The second-order valence-electron chi connectivity index (χ2n) is 8.82. The van der Waals surface area contributed by atoms with Gasteiger partial charge in [0.25, 0.3) is 0 Å². The van der Waals surface area contributed by atoms with Crippen molar-refractivity contribution < 1.29 is 19.1 Å². The fourth-order valence-electron chi connectivity index (χ4n) is 4.56. The second kappa shape index (κ2) is 9.21. The first-order valence-corrected chi connectivity index (χ1v) is 11.6. The summed E-state index contributed by atoms with van der Waals surface area (Å²) in [7, 11) is 0. The van der Waals surface area contributed by atoms with Gasteiger partial charge in [0.05, 0.1) is 5.52 Å². The number of carbonyl (C=O) groups excluding carboxylic acids is 2. The summed E-state index contributed by atoms with van der Waals surface area (Å²) in [5.74, 6) is 2.18. The van der Waals surface area contributed by atoms with E-state index in [1.54, 1.807) is 0 Å². The van der Waals surface area contributed by atoms with Crippen molar-refractivity contribution in [3.05, 3.63) is 48.0 Å². The molecule has 0 radical (unpaired) electrons. The van der Waals surface area contributed by atoms with Gasteiger partial charge in [-0.15, -0.1) is 0 Å². The SMILES string of the molecule is CC(=O)Nc1ccc2nc(N3CCC(C(=O)Nc4ccc5c(c4)OCCO5)CC3)cc(C)c2c1. The average Bonchev–Trinajstić information content (AvgIpc) is 2.84. The Morgan fingerprint density at radius 2 is 1.65 bits per heavy atom. The van der Waals surface area contributed by atoms with Gasteiger partial charge in [-0.05, 0) is 61.7 Å². The number of pyridine rings is 1. The molecule has 3 aromatic rings. The Labute approximate surface area is 198 Å². The number of hydrogen-bond donors (Lipinski definition) is 2. The van der Waals surface area contributed by atoms with E-state index < -0.39 is 0 Å². The van der Waals surface area contributed by atoms with E-state index in [1.807, 2.05) is 36.4 Å². The van der Waals surface area contributed by atoms with Crippen molar-refractivity contribution in [2.75, 3.05) is 41.8 Å². The molecule has 0 unspecified atom stereocenters. The van der Waals surface area contributed by atoms with Crippen molar-refractivity contribution in [3.8, 4) is 11.5 Å². The Balaban J connectivity index is 1.23. The number of carbonyl (C=O) groups is 2. The quantitative estimate of drug-likeness (QED) is 0.608. The van der Waals surface area contributed by atoms with Gasteiger partial charge in [0.2, 0.25) is 11.8 Å². The van der Waals surface area contributed by atoms with Crippen LogP contribution < -0.4 is 25.0 Å². The van der Waals surface area contributed by atoms with Gasteiger partial charge in [0, 0.05) is 48.8 Å². The Kier molecular flexibility index (Phi) is 5.96. The summed E-state index contributed by atoms with van der Waals surface area (Å²) in [5, 5.41) is 6.87. The van der Waals surface area contributed by atoms with Crippen LogP contribution in [0.5, 0.6) is 11.5 Å². The smallest absolute Gasteiger partial charge is 0.227 e. The number of aromatic nitrogens is 1. The summed E-state index contributed by atoms with van der Waals surface area (Å²) in [6.07, 6.45) is 1.52. The maximum atomic E-state index is 12.9. The normalized spacial score (nSPS) is 15.8. The summed E-state index contributed by atoms with van der Waals surface area (Å²) in [6.45, 7) is 6.14. The number of benzene rings is 2. The topological polar surface area (TPSA) is 92.8 Å². The van der Waals surface area contributed by atoms with Crippen molar-refractivity contribution >= 4 is 39.9 Å². The minimum absolute atomic E-state index is 0.0319. The molecule has 8 nitrogen and oxygen atoms in total. The van der Waals surface area contributed by atoms with Crippen molar-refractivity contribution in [2.24, 2.45) is 5.92 Å². The highest BCUT2D eigenvalue weighted by Crippen LogP contribution is 2.33. The second-order valence-corrected chi connectivity index (χ2v) is 8.82. The number of rotatable bonds is 4. The van der Waals surface area contributed by atoms with Gasteiger partial charge in [-0.2, -0.15) is 0 Å². The predicted molar refractivity (Wildman–Crippen MR) is 132 cm³/mol. The lowest BCUT2D eigenvalue weighted by Crippen LogP contribution is -2.38. The highest BCUT2D eigenvalue weighted by atomic mass is 16.6. The lowest BCUT2D eigenvalue weighted by Gasteiger charge is -2.32. The standard InChI is InChI=1S/C26H28N4O4/c1-16-13-25(29-22-5-3-19(14-21(16)22)27-17(2)31)30-9-7-18(8-10-30)26(32)28-20-4-6-23-24(15-20)34-12-11-33-23/h3-6,13-15,18H,7-12H2,1-2H3,(H,27,31)(H,28,32). The van der Waals surface area contributed by atoms with Gasteiger partial charge in [-0.3, -0.25) is 9.59 Å². The van der Waals surface area contributed by atoms with Crippen LogP contribution in [0.15, 0.2) is 42.5 Å². The van der Waals surface area contributed by atoms with Gasteiger partial charge in [-0.25, -0.2) is 4.98 Å². The van der Waals surface area contributed by atoms with Gasteiger partial charge in [0.15, 0.2) is 11.5 Å². The van der Waals surface area contributed by atoms with Gasteiger partial charge in [0.1, 0.15) is 19.0 Å². The third kappa shape index (κ3) is 4.62. The Morgan fingerprint density at radius 3 is 2.41 bits per heavy atom. The molecule has 0 bridgehead atoms. The maximum Gasteiger partial charge on any atom is 0.227 e.